The van der Waals surface area contributed by atoms with Gasteiger partial charge in [-0.3, -0.25) is 4.99 Å². The average Bonchev–Trinajstić information content (AvgIpc) is 2.03. The number of hydrogen-bond acceptors (Lipinski definition) is 2. The lowest BCUT2D eigenvalue weighted by Gasteiger charge is -1.97. The van der Waals surface area contributed by atoms with Crippen LogP contribution in [-0.4, -0.2) is 5.71 Å². The maximum Gasteiger partial charge on any atom is 0.0638 e. The minimum absolute atomic E-state index is 0.753. The number of nitrogens with zero attached hydrogens (tertiary/aromatic N) is 1. The van der Waals surface area contributed by atoms with E-state index in [-0.39, 0.29) is 0 Å². The fourth-order valence-electron chi connectivity index (χ4n) is 0.872. The van der Waals surface area contributed by atoms with E-state index in [4.69, 9.17) is 5.73 Å². The normalized spacial score (nSPS) is 9.50. The molecule has 0 fully saturated rings. The van der Waals surface area contributed by atoms with E-state index in [2.05, 4.69) is 4.99 Å². The number of hydrogen-bond donors (Lipinski definition) is 1. The van der Waals surface area contributed by atoms with E-state index < -0.39 is 0 Å². The monoisotopic (exact) mass is 162 g/mol. The molecule has 0 aliphatic heterocycles. The Morgan fingerprint density at radius 1 is 1.25 bits per heavy atom. The Bertz CT molecular complexity index is 268. The number of nitrogens with two attached hydrogens (primary N) is 1. The summed E-state index contributed by atoms with van der Waals surface area (Å²) in [6.07, 6.45) is 0. The second-order valence-corrected chi connectivity index (χ2v) is 3.01. The molecule has 12 heavy (non-hydrogen) atoms. The molecular formula is C10H14N2. The zero-order chi connectivity index (χ0) is 8.97. The first-order valence-corrected chi connectivity index (χ1v) is 4.00. The van der Waals surface area contributed by atoms with Crippen LogP contribution in [0.1, 0.15) is 19.4 Å². The molecule has 0 aliphatic rings. The summed E-state index contributed by atoms with van der Waals surface area (Å²) in [5.74, 6) is 0. The maximum atomic E-state index is 5.55. The van der Waals surface area contributed by atoms with Crippen LogP contribution in [0.15, 0.2) is 29.3 Å². The molecule has 0 spiro atoms. The van der Waals surface area contributed by atoms with Crippen molar-refractivity contribution in [3.63, 3.8) is 0 Å². The zero-order valence-electron chi connectivity index (χ0n) is 7.54. The Labute approximate surface area is 73.1 Å². The smallest absolute Gasteiger partial charge is 0.0638 e. The van der Waals surface area contributed by atoms with Gasteiger partial charge in [0.2, 0.25) is 0 Å². The molecule has 0 bridgehead atoms. The van der Waals surface area contributed by atoms with E-state index in [0.29, 0.717) is 0 Å². The van der Waals surface area contributed by atoms with Crippen molar-refractivity contribution in [2.24, 2.45) is 4.99 Å². The van der Waals surface area contributed by atoms with Crippen molar-refractivity contribution in [2.75, 3.05) is 5.73 Å². The Kier molecular flexibility index (Phi) is 2.86. The molecule has 2 nitrogen and oxygen atoms in total. The second-order valence-electron chi connectivity index (χ2n) is 3.01. The van der Waals surface area contributed by atoms with Crippen LogP contribution >= 0.6 is 0 Å². The highest BCUT2D eigenvalue weighted by molar-refractivity contribution is 5.79. The SMILES string of the molecule is CC(C)=NCc1ccc(N)cc1. The average molecular weight is 162 g/mol. The van der Waals surface area contributed by atoms with Crippen molar-refractivity contribution < 1.29 is 0 Å². The largest absolute Gasteiger partial charge is 0.399 e. The summed E-state index contributed by atoms with van der Waals surface area (Å²) in [4.78, 5) is 4.30. The molecule has 1 aromatic carbocycles. The summed E-state index contributed by atoms with van der Waals surface area (Å²) in [7, 11) is 0. The molecule has 64 valence electrons. The van der Waals surface area contributed by atoms with Crippen LogP contribution in [-0.2, 0) is 6.54 Å². The van der Waals surface area contributed by atoms with Crippen LogP contribution in [0.2, 0.25) is 0 Å². The predicted molar refractivity (Wildman–Crippen MR) is 53.3 cm³/mol. The second kappa shape index (κ2) is 3.90. The molecule has 0 radical (unpaired) electrons. The molecule has 0 atom stereocenters. The van der Waals surface area contributed by atoms with E-state index in [1.54, 1.807) is 0 Å². The van der Waals surface area contributed by atoms with Crippen LogP contribution in [0.5, 0.6) is 0 Å². The molecule has 2 N–H and O–H groups in total. The number of rotatable bonds is 2. The van der Waals surface area contributed by atoms with E-state index in [9.17, 15) is 0 Å². The van der Waals surface area contributed by atoms with Crippen molar-refractivity contribution in [3.05, 3.63) is 29.8 Å². The minimum atomic E-state index is 0.753. The van der Waals surface area contributed by atoms with Gasteiger partial charge in [-0.2, -0.15) is 0 Å². The first-order valence-electron chi connectivity index (χ1n) is 4.00. The van der Waals surface area contributed by atoms with Crippen LogP contribution < -0.4 is 5.73 Å². The first-order chi connectivity index (χ1) is 5.68. The van der Waals surface area contributed by atoms with Crippen LogP contribution in [0.25, 0.3) is 0 Å². The van der Waals surface area contributed by atoms with Crippen LogP contribution in [0.4, 0.5) is 5.69 Å². The number of benzene rings is 1. The molecule has 1 aromatic rings. The van der Waals surface area contributed by atoms with Gasteiger partial charge in [0, 0.05) is 11.4 Å². The fourth-order valence-corrected chi connectivity index (χ4v) is 0.872. The standard InChI is InChI=1S/C10H14N2/c1-8(2)12-7-9-3-5-10(11)6-4-9/h3-6H,7,11H2,1-2H3. The van der Waals surface area contributed by atoms with Crippen molar-refractivity contribution in [3.8, 4) is 0 Å². The van der Waals surface area contributed by atoms with Crippen molar-refractivity contribution in [1.29, 1.82) is 0 Å². The highest BCUT2D eigenvalue weighted by atomic mass is 14.7. The van der Waals surface area contributed by atoms with Crippen molar-refractivity contribution in [1.82, 2.24) is 0 Å². The highest BCUT2D eigenvalue weighted by Gasteiger charge is 1.89. The minimum Gasteiger partial charge on any atom is -0.399 e. The van der Waals surface area contributed by atoms with Gasteiger partial charge in [0.25, 0.3) is 0 Å². The Morgan fingerprint density at radius 2 is 1.83 bits per heavy atom. The lowest BCUT2D eigenvalue weighted by atomic mass is 10.2. The van der Waals surface area contributed by atoms with Gasteiger partial charge in [-0.1, -0.05) is 12.1 Å². The molecule has 0 saturated heterocycles. The molecule has 1 rings (SSSR count). The predicted octanol–water partition coefficient (Wildman–Crippen LogP) is 2.25. The van der Waals surface area contributed by atoms with Gasteiger partial charge in [-0.25, -0.2) is 0 Å². The topological polar surface area (TPSA) is 38.4 Å². The first kappa shape index (κ1) is 8.78. The third kappa shape index (κ3) is 2.74. The summed E-state index contributed by atoms with van der Waals surface area (Å²) >= 11 is 0. The lowest BCUT2D eigenvalue weighted by Crippen LogP contribution is -1.88. The molecule has 0 heterocycles. The number of anilines is 1. The summed E-state index contributed by atoms with van der Waals surface area (Å²) in [6.45, 7) is 4.75. The van der Waals surface area contributed by atoms with E-state index in [0.717, 1.165) is 17.9 Å². The molecule has 0 aromatic heterocycles. The number of nitrogen functional groups attached to an aromatic ring is 1. The van der Waals surface area contributed by atoms with E-state index in [1.165, 1.54) is 5.56 Å². The zero-order valence-corrected chi connectivity index (χ0v) is 7.54. The molecule has 0 unspecified atom stereocenters. The van der Waals surface area contributed by atoms with Gasteiger partial charge >= 0.3 is 0 Å². The maximum absolute atomic E-state index is 5.55. The number of aliphatic imine (C=N–C) groups is 1. The van der Waals surface area contributed by atoms with Gasteiger partial charge in [0.15, 0.2) is 0 Å². The highest BCUT2D eigenvalue weighted by Crippen LogP contribution is 2.06. The summed E-state index contributed by atoms with van der Waals surface area (Å²) in [5.41, 5.74) is 8.65. The third-order valence-corrected chi connectivity index (χ3v) is 1.56. The Hall–Kier alpha value is -1.31. The summed E-state index contributed by atoms with van der Waals surface area (Å²) < 4.78 is 0. The van der Waals surface area contributed by atoms with Gasteiger partial charge in [-0.05, 0) is 31.5 Å². The van der Waals surface area contributed by atoms with Gasteiger partial charge in [0.1, 0.15) is 0 Å². The van der Waals surface area contributed by atoms with Gasteiger partial charge in [-0.15, -0.1) is 0 Å². The van der Waals surface area contributed by atoms with E-state index in [1.807, 2.05) is 38.1 Å². The summed E-state index contributed by atoms with van der Waals surface area (Å²) in [6, 6.07) is 7.80. The summed E-state index contributed by atoms with van der Waals surface area (Å²) in [5, 5.41) is 0. The Balaban J connectivity index is 2.65. The molecule has 0 aliphatic carbocycles. The molecule has 0 saturated carbocycles. The van der Waals surface area contributed by atoms with Gasteiger partial charge < -0.3 is 5.73 Å². The van der Waals surface area contributed by atoms with Crippen LogP contribution in [0.3, 0.4) is 0 Å². The fraction of sp³-hybridized carbons (Fsp3) is 0.300. The molecule has 0 amide bonds. The molecular weight excluding hydrogens is 148 g/mol. The van der Waals surface area contributed by atoms with Crippen molar-refractivity contribution >= 4 is 11.4 Å². The van der Waals surface area contributed by atoms with E-state index >= 15 is 0 Å². The molecule has 2 heteroatoms. The van der Waals surface area contributed by atoms with Gasteiger partial charge in [0.05, 0.1) is 6.54 Å². The van der Waals surface area contributed by atoms with Crippen LogP contribution in [0, 0.1) is 0 Å². The Morgan fingerprint density at radius 3 is 2.33 bits per heavy atom. The third-order valence-electron chi connectivity index (χ3n) is 1.56. The quantitative estimate of drug-likeness (QED) is 0.525. The lowest BCUT2D eigenvalue weighted by molar-refractivity contribution is 1.06. The van der Waals surface area contributed by atoms with Crippen molar-refractivity contribution in [2.45, 2.75) is 20.4 Å².